The minimum atomic E-state index is 0.184. The molecule has 39 heavy (non-hydrogen) atoms. The van der Waals surface area contributed by atoms with Crippen molar-refractivity contribution in [1.82, 2.24) is 14.8 Å². The zero-order valence-corrected chi connectivity index (χ0v) is 26.7. The van der Waals surface area contributed by atoms with Crippen LogP contribution >= 0.6 is 43.5 Å². The van der Waals surface area contributed by atoms with E-state index in [1.807, 2.05) is 17.2 Å². The summed E-state index contributed by atoms with van der Waals surface area (Å²) in [7, 11) is 0. The van der Waals surface area contributed by atoms with Gasteiger partial charge < -0.3 is 9.80 Å². The maximum Gasteiger partial charge on any atom is 0.222 e. The summed E-state index contributed by atoms with van der Waals surface area (Å²) in [5.41, 5.74) is 5.08. The summed E-state index contributed by atoms with van der Waals surface area (Å²) >= 11 is 13.9. The number of hydrogen-bond donors (Lipinski definition) is 0. The SMILES string of the molecule is CCCCC(=O)N1CCC(CC(=O)N2CCC([C@H]3c4ncc(Br)cc4CCc4cc(Cl)cc(Br)c43)CC2)CC1. The lowest BCUT2D eigenvalue weighted by Gasteiger charge is -2.38. The van der Waals surface area contributed by atoms with E-state index < -0.39 is 0 Å². The third-order valence-corrected chi connectivity index (χ3v) is 10.3. The molecular weight excluding hydrogens is 642 g/mol. The number of unbranched alkanes of at least 4 members (excludes halogenated alkanes) is 1. The van der Waals surface area contributed by atoms with Gasteiger partial charge in [0, 0.05) is 65.1 Å². The predicted molar refractivity (Wildman–Crippen MR) is 163 cm³/mol. The van der Waals surface area contributed by atoms with Crippen molar-refractivity contribution in [2.45, 2.75) is 77.0 Å². The van der Waals surface area contributed by atoms with Crippen molar-refractivity contribution >= 4 is 55.3 Å². The number of carbonyl (C=O) groups excluding carboxylic acids is 2. The highest BCUT2D eigenvalue weighted by Gasteiger charge is 2.36. The third-order valence-electron chi connectivity index (χ3n) is 8.96. The Bertz CT molecular complexity index is 1210. The Morgan fingerprint density at radius 2 is 1.62 bits per heavy atom. The summed E-state index contributed by atoms with van der Waals surface area (Å²) in [5.74, 6) is 1.54. The smallest absolute Gasteiger partial charge is 0.222 e. The first-order valence-electron chi connectivity index (χ1n) is 14.5. The second-order valence-electron chi connectivity index (χ2n) is 11.5. The molecule has 8 heteroatoms. The van der Waals surface area contributed by atoms with Gasteiger partial charge in [0.2, 0.25) is 11.8 Å². The molecule has 3 aliphatic rings. The molecule has 210 valence electrons. The zero-order chi connectivity index (χ0) is 27.5. The Labute approximate surface area is 254 Å². The van der Waals surface area contributed by atoms with E-state index in [-0.39, 0.29) is 17.7 Å². The first kappa shape index (κ1) is 29.1. The van der Waals surface area contributed by atoms with Crippen molar-refractivity contribution in [2.24, 2.45) is 11.8 Å². The van der Waals surface area contributed by atoms with Gasteiger partial charge in [0.25, 0.3) is 0 Å². The number of hydrogen-bond acceptors (Lipinski definition) is 3. The predicted octanol–water partition coefficient (Wildman–Crippen LogP) is 7.55. The van der Waals surface area contributed by atoms with Crippen LogP contribution in [0.4, 0.5) is 0 Å². The maximum absolute atomic E-state index is 13.3. The molecular formula is C31H38Br2ClN3O2. The average Bonchev–Trinajstić information content (AvgIpc) is 3.09. The number of carbonyl (C=O) groups is 2. The molecule has 3 heterocycles. The van der Waals surface area contributed by atoms with E-state index in [2.05, 4.69) is 55.8 Å². The van der Waals surface area contributed by atoms with Crippen LogP contribution in [0.2, 0.25) is 5.02 Å². The number of halogens is 3. The molecule has 2 saturated heterocycles. The Morgan fingerprint density at radius 1 is 0.949 bits per heavy atom. The molecule has 5 rings (SSSR count). The summed E-state index contributed by atoms with van der Waals surface area (Å²) in [6.45, 7) is 5.30. The average molecular weight is 680 g/mol. The molecule has 2 aromatic rings. The van der Waals surface area contributed by atoms with E-state index in [4.69, 9.17) is 16.6 Å². The molecule has 1 aliphatic carbocycles. The Morgan fingerprint density at radius 3 is 2.33 bits per heavy atom. The number of aromatic nitrogens is 1. The van der Waals surface area contributed by atoms with Gasteiger partial charge in [-0.05, 0) is 108 Å². The number of fused-ring (bicyclic) bond motifs is 2. The van der Waals surface area contributed by atoms with E-state index in [9.17, 15) is 9.59 Å². The Kier molecular flexibility index (Phi) is 9.71. The number of nitrogens with zero attached hydrogens (tertiary/aromatic N) is 3. The van der Waals surface area contributed by atoms with Gasteiger partial charge in [-0.15, -0.1) is 0 Å². The van der Waals surface area contributed by atoms with Crippen LogP contribution in [0.3, 0.4) is 0 Å². The molecule has 0 N–H and O–H groups in total. The largest absolute Gasteiger partial charge is 0.343 e. The lowest BCUT2D eigenvalue weighted by atomic mass is 9.76. The molecule has 0 spiro atoms. The highest BCUT2D eigenvalue weighted by molar-refractivity contribution is 9.10. The monoisotopic (exact) mass is 677 g/mol. The minimum Gasteiger partial charge on any atom is -0.343 e. The quantitative estimate of drug-likeness (QED) is 0.317. The number of amides is 2. The standard InChI is InChI=1S/C31H38Br2ClN3O2/c1-2-3-4-27(38)36-11-7-20(8-12-36)15-28(39)37-13-9-21(10-14-37)30-29-22(17-25(34)18-26(29)33)5-6-23-16-24(32)19-35-31(23)30/h16-21,30H,2-15H2,1H3/t30-/m1/s1. The molecule has 1 aromatic carbocycles. The van der Waals surface area contributed by atoms with E-state index in [1.165, 1.54) is 22.4 Å². The summed E-state index contributed by atoms with van der Waals surface area (Å²) in [6, 6.07) is 6.35. The minimum absolute atomic E-state index is 0.184. The summed E-state index contributed by atoms with van der Waals surface area (Å²) in [6.07, 6.45) is 10.9. The molecule has 0 radical (unpaired) electrons. The van der Waals surface area contributed by atoms with Gasteiger partial charge in [-0.3, -0.25) is 14.6 Å². The van der Waals surface area contributed by atoms with Gasteiger partial charge in [-0.2, -0.15) is 0 Å². The fourth-order valence-corrected chi connectivity index (χ4v) is 8.26. The van der Waals surface area contributed by atoms with Crippen molar-refractivity contribution in [2.75, 3.05) is 26.2 Å². The van der Waals surface area contributed by atoms with Crippen molar-refractivity contribution in [3.63, 3.8) is 0 Å². The Balaban J connectivity index is 1.23. The molecule has 0 saturated carbocycles. The lowest BCUT2D eigenvalue weighted by Crippen LogP contribution is -2.42. The molecule has 2 aliphatic heterocycles. The number of piperidine rings is 2. The molecule has 1 atom stereocenters. The van der Waals surface area contributed by atoms with Crippen LogP contribution in [-0.2, 0) is 22.4 Å². The summed E-state index contributed by atoms with van der Waals surface area (Å²) in [5, 5.41) is 0.760. The first-order chi connectivity index (χ1) is 18.8. The van der Waals surface area contributed by atoms with E-state index in [0.717, 1.165) is 91.5 Å². The molecule has 1 aromatic heterocycles. The maximum atomic E-state index is 13.3. The van der Waals surface area contributed by atoms with Crippen molar-refractivity contribution in [3.05, 3.63) is 60.7 Å². The van der Waals surface area contributed by atoms with Gasteiger partial charge in [0.1, 0.15) is 0 Å². The number of pyridine rings is 1. The third kappa shape index (κ3) is 6.73. The van der Waals surface area contributed by atoms with E-state index in [1.54, 1.807) is 0 Å². The van der Waals surface area contributed by atoms with Crippen LogP contribution < -0.4 is 0 Å². The number of benzene rings is 1. The number of likely N-dealkylation sites (tertiary alicyclic amines) is 2. The van der Waals surface area contributed by atoms with E-state index >= 15 is 0 Å². The highest BCUT2D eigenvalue weighted by Crippen LogP contribution is 2.46. The topological polar surface area (TPSA) is 53.5 Å². The van der Waals surface area contributed by atoms with Crippen LogP contribution in [0, 0.1) is 11.8 Å². The lowest BCUT2D eigenvalue weighted by molar-refractivity contribution is -0.135. The summed E-state index contributed by atoms with van der Waals surface area (Å²) in [4.78, 5) is 34.7. The van der Waals surface area contributed by atoms with Crippen LogP contribution in [0.1, 0.15) is 86.6 Å². The fraction of sp³-hybridized carbons (Fsp3) is 0.581. The van der Waals surface area contributed by atoms with Gasteiger partial charge >= 0.3 is 0 Å². The van der Waals surface area contributed by atoms with Crippen LogP contribution in [-0.4, -0.2) is 52.8 Å². The fourth-order valence-electron chi connectivity index (χ4n) is 6.76. The molecule has 2 fully saturated rings. The van der Waals surface area contributed by atoms with Gasteiger partial charge in [0.15, 0.2) is 0 Å². The molecule has 2 amide bonds. The number of rotatable bonds is 6. The van der Waals surface area contributed by atoms with E-state index in [0.29, 0.717) is 24.7 Å². The normalized spacial score (nSPS) is 20.4. The van der Waals surface area contributed by atoms with Crippen molar-refractivity contribution in [3.8, 4) is 0 Å². The van der Waals surface area contributed by atoms with Crippen molar-refractivity contribution in [1.29, 1.82) is 0 Å². The first-order valence-corrected chi connectivity index (χ1v) is 16.5. The molecule has 0 bridgehead atoms. The van der Waals surface area contributed by atoms with Gasteiger partial charge in [-0.25, -0.2) is 0 Å². The highest BCUT2D eigenvalue weighted by atomic mass is 79.9. The summed E-state index contributed by atoms with van der Waals surface area (Å²) < 4.78 is 2.07. The van der Waals surface area contributed by atoms with Crippen LogP contribution in [0.5, 0.6) is 0 Å². The zero-order valence-electron chi connectivity index (χ0n) is 22.7. The second kappa shape index (κ2) is 13.0. The Hall–Kier alpha value is -1.44. The van der Waals surface area contributed by atoms with Crippen LogP contribution in [0.25, 0.3) is 0 Å². The van der Waals surface area contributed by atoms with Gasteiger partial charge in [0.05, 0.1) is 5.69 Å². The number of aryl methyl sites for hydroxylation is 2. The van der Waals surface area contributed by atoms with Crippen molar-refractivity contribution < 1.29 is 9.59 Å². The molecule has 5 nitrogen and oxygen atoms in total. The van der Waals surface area contributed by atoms with Gasteiger partial charge in [-0.1, -0.05) is 40.9 Å². The van der Waals surface area contributed by atoms with Crippen LogP contribution in [0.15, 0.2) is 33.3 Å². The second-order valence-corrected chi connectivity index (χ2v) is 13.7. The molecule has 0 unspecified atom stereocenters.